The quantitative estimate of drug-likeness (QED) is 0.511. The van der Waals surface area contributed by atoms with Crippen molar-refractivity contribution in [3.63, 3.8) is 0 Å². The molecule has 8 heteroatoms. The molecule has 1 aliphatic rings. The number of rotatable bonds is 8. The van der Waals surface area contributed by atoms with E-state index in [1.165, 1.54) is 16.7 Å². The zero-order chi connectivity index (χ0) is 19.9. The fourth-order valence-corrected chi connectivity index (χ4v) is 3.91. The van der Waals surface area contributed by atoms with Gasteiger partial charge in [0.05, 0.1) is 17.8 Å². The lowest BCUT2D eigenvalue weighted by Crippen LogP contribution is -2.29. The van der Waals surface area contributed by atoms with Crippen LogP contribution in [0.3, 0.4) is 0 Å². The van der Waals surface area contributed by atoms with Gasteiger partial charge in [-0.1, -0.05) is 24.0 Å². The van der Waals surface area contributed by atoms with Crippen molar-refractivity contribution in [2.24, 2.45) is 0 Å². The Morgan fingerprint density at radius 3 is 2.79 bits per heavy atom. The van der Waals surface area contributed by atoms with E-state index in [0.29, 0.717) is 46.7 Å². The molecule has 1 saturated heterocycles. The van der Waals surface area contributed by atoms with Gasteiger partial charge in [-0.2, -0.15) is 0 Å². The Labute approximate surface area is 172 Å². The first-order valence-electron chi connectivity index (χ1n) is 8.88. The van der Waals surface area contributed by atoms with Crippen molar-refractivity contribution in [2.45, 2.75) is 19.8 Å². The third-order valence-corrected chi connectivity index (χ3v) is 5.30. The van der Waals surface area contributed by atoms with Crippen LogP contribution in [-0.4, -0.2) is 34.2 Å². The predicted octanol–water partition coefficient (Wildman–Crippen LogP) is 4.30. The summed E-state index contributed by atoms with van der Waals surface area (Å²) in [5, 5.41) is 2.84. The third-order valence-electron chi connectivity index (χ3n) is 3.92. The number of anilines is 1. The highest BCUT2D eigenvalue weighted by Gasteiger charge is 2.31. The maximum absolute atomic E-state index is 12.5. The van der Waals surface area contributed by atoms with Gasteiger partial charge in [-0.05, 0) is 49.7 Å². The lowest BCUT2D eigenvalue weighted by molar-refractivity contribution is -0.122. The van der Waals surface area contributed by atoms with Gasteiger partial charge >= 0.3 is 0 Å². The van der Waals surface area contributed by atoms with E-state index in [0.717, 1.165) is 5.75 Å². The predicted molar refractivity (Wildman–Crippen MR) is 114 cm³/mol. The molecule has 1 aromatic heterocycles. The first-order chi connectivity index (χ1) is 13.6. The number of carbonyl (C=O) groups excluding carboxylic acids is 2. The molecule has 0 spiro atoms. The molecule has 0 unspecified atom stereocenters. The minimum absolute atomic E-state index is 0.110. The van der Waals surface area contributed by atoms with Crippen molar-refractivity contribution < 1.29 is 18.7 Å². The van der Waals surface area contributed by atoms with E-state index in [9.17, 15) is 9.59 Å². The zero-order valence-corrected chi connectivity index (χ0v) is 17.0. The summed E-state index contributed by atoms with van der Waals surface area (Å²) in [5.74, 6) is 1.10. The molecule has 0 saturated carbocycles. The first-order valence-corrected chi connectivity index (χ1v) is 10.1. The number of hydrogen-bond donors (Lipinski definition) is 1. The molecule has 146 valence electrons. The summed E-state index contributed by atoms with van der Waals surface area (Å²) in [6.07, 6.45) is 4.04. The van der Waals surface area contributed by atoms with Crippen LogP contribution in [0.5, 0.6) is 5.75 Å². The van der Waals surface area contributed by atoms with Crippen LogP contribution in [0.25, 0.3) is 6.08 Å². The highest BCUT2D eigenvalue weighted by molar-refractivity contribution is 8.26. The van der Waals surface area contributed by atoms with Crippen molar-refractivity contribution in [1.82, 2.24) is 4.90 Å². The maximum atomic E-state index is 12.5. The SMILES string of the molecule is CCOc1ccc(NC(=O)CCCN2C(=O)C(=Cc3ccco3)SC2=S)cc1. The molecular weight excluding hydrogens is 396 g/mol. The number of ether oxygens (including phenoxy) is 1. The highest BCUT2D eigenvalue weighted by Crippen LogP contribution is 2.32. The summed E-state index contributed by atoms with van der Waals surface area (Å²) < 4.78 is 11.1. The molecule has 0 aliphatic carbocycles. The molecule has 0 atom stereocenters. The number of furan rings is 1. The standard InChI is InChI=1S/C20H20N2O4S2/c1-2-25-15-9-7-14(8-10-15)21-18(23)6-3-11-22-19(24)17(28-20(22)27)13-16-5-4-12-26-16/h4-5,7-10,12-13H,2-3,6,11H2,1H3,(H,21,23). The van der Waals surface area contributed by atoms with E-state index in [1.807, 2.05) is 19.1 Å². The van der Waals surface area contributed by atoms with Gasteiger partial charge in [0.25, 0.3) is 5.91 Å². The molecule has 0 bridgehead atoms. The van der Waals surface area contributed by atoms with Crippen LogP contribution in [-0.2, 0) is 9.59 Å². The van der Waals surface area contributed by atoms with Crippen LogP contribution < -0.4 is 10.1 Å². The summed E-state index contributed by atoms with van der Waals surface area (Å²) >= 11 is 6.54. The number of thiocarbonyl (C=S) groups is 1. The monoisotopic (exact) mass is 416 g/mol. The van der Waals surface area contributed by atoms with Crippen molar-refractivity contribution >= 4 is 51.9 Å². The Kier molecular flexibility index (Phi) is 6.89. The second-order valence-electron chi connectivity index (χ2n) is 5.96. The van der Waals surface area contributed by atoms with Crippen LogP contribution in [0.2, 0.25) is 0 Å². The number of carbonyl (C=O) groups is 2. The minimum atomic E-state index is -0.154. The molecule has 0 radical (unpaired) electrons. The number of thioether (sulfide) groups is 1. The second kappa shape index (κ2) is 9.57. The van der Waals surface area contributed by atoms with E-state index in [2.05, 4.69) is 5.32 Å². The van der Waals surface area contributed by atoms with Gasteiger partial charge in [0.2, 0.25) is 5.91 Å². The molecule has 1 aliphatic heterocycles. The number of nitrogens with one attached hydrogen (secondary N) is 1. The van der Waals surface area contributed by atoms with Gasteiger partial charge in [0.15, 0.2) is 0 Å². The smallest absolute Gasteiger partial charge is 0.266 e. The summed E-state index contributed by atoms with van der Waals surface area (Å²) in [7, 11) is 0. The molecule has 1 N–H and O–H groups in total. The first kappa shape index (κ1) is 20.2. The molecule has 3 rings (SSSR count). The highest BCUT2D eigenvalue weighted by atomic mass is 32.2. The largest absolute Gasteiger partial charge is 0.494 e. The lowest BCUT2D eigenvalue weighted by atomic mass is 10.2. The molecular formula is C20H20N2O4S2. The van der Waals surface area contributed by atoms with Crippen molar-refractivity contribution in [2.75, 3.05) is 18.5 Å². The van der Waals surface area contributed by atoms with Gasteiger partial charge in [-0.3, -0.25) is 14.5 Å². The lowest BCUT2D eigenvalue weighted by Gasteiger charge is -2.14. The number of amides is 2. The number of benzene rings is 1. The Balaban J connectivity index is 1.47. The average molecular weight is 417 g/mol. The molecule has 2 amide bonds. The zero-order valence-electron chi connectivity index (χ0n) is 15.3. The normalized spacial score (nSPS) is 15.3. The number of nitrogens with zero attached hydrogens (tertiary/aromatic N) is 1. The van der Waals surface area contributed by atoms with Crippen molar-refractivity contribution in [1.29, 1.82) is 0 Å². The second-order valence-corrected chi connectivity index (χ2v) is 7.63. The van der Waals surface area contributed by atoms with Crippen molar-refractivity contribution in [3.8, 4) is 5.75 Å². The Morgan fingerprint density at radius 1 is 1.32 bits per heavy atom. The third kappa shape index (κ3) is 5.24. The fraction of sp³-hybridized carbons (Fsp3) is 0.250. The van der Waals surface area contributed by atoms with Gasteiger partial charge in [-0.15, -0.1) is 0 Å². The molecule has 28 heavy (non-hydrogen) atoms. The van der Waals surface area contributed by atoms with Gasteiger partial charge in [-0.25, -0.2) is 0 Å². The van der Waals surface area contributed by atoms with E-state index >= 15 is 0 Å². The van der Waals surface area contributed by atoms with Crippen LogP contribution in [0.4, 0.5) is 5.69 Å². The van der Waals surface area contributed by atoms with Crippen molar-refractivity contribution in [3.05, 3.63) is 53.3 Å². The van der Waals surface area contributed by atoms with Gasteiger partial charge in [0, 0.05) is 24.7 Å². The molecule has 2 aromatic rings. The van der Waals surface area contributed by atoms with Gasteiger partial charge in [0.1, 0.15) is 15.8 Å². The van der Waals surface area contributed by atoms with Crippen LogP contribution in [0, 0.1) is 0 Å². The molecule has 6 nitrogen and oxygen atoms in total. The number of hydrogen-bond acceptors (Lipinski definition) is 6. The average Bonchev–Trinajstić information content (AvgIpc) is 3.27. The molecule has 1 fully saturated rings. The van der Waals surface area contributed by atoms with E-state index < -0.39 is 0 Å². The Bertz CT molecular complexity index is 876. The van der Waals surface area contributed by atoms with E-state index in [4.69, 9.17) is 21.4 Å². The summed E-state index contributed by atoms with van der Waals surface area (Å²) in [4.78, 5) is 26.7. The summed E-state index contributed by atoms with van der Waals surface area (Å²) in [6, 6.07) is 10.7. The van der Waals surface area contributed by atoms with Crippen LogP contribution in [0.1, 0.15) is 25.5 Å². The van der Waals surface area contributed by atoms with Gasteiger partial charge < -0.3 is 14.5 Å². The summed E-state index contributed by atoms with van der Waals surface area (Å²) in [6.45, 7) is 2.91. The van der Waals surface area contributed by atoms with Crippen LogP contribution in [0.15, 0.2) is 52.0 Å². The molecule has 2 heterocycles. The Morgan fingerprint density at radius 2 is 2.11 bits per heavy atom. The maximum Gasteiger partial charge on any atom is 0.266 e. The van der Waals surface area contributed by atoms with Crippen LogP contribution >= 0.6 is 24.0 Å². The topological polar surface area (TPSA) is 71.8 Å². The Hall–Kier alpha value is -2.58. The summed E-state index contributed by atoms with van der Waals surface area (Å²) in [5.41, 5.74) is 0.709. The van der Waals surface area contributed by atoms with E-state index in [-0.39, 0.29) is 11.8 Å². The fourth-order valence-electron chi connectivity index (χ4n) is 2.62. The van der Waals surface area contributed by atoms with E-state index in [1.54, 1.807) is 36.6 Å². The minimum Gasteiger partial charge on any atom is -0.494 e. The molecule has 1 aromatic carbocycles.